The molecular weight excluding hydrogens is 176 g/mol. The van der Waals surface area contributed by atoms with Gasteiger partial charge in [-0.15, -0.1) is 0 Å². The third-order valence-corrected chi connectivity index (χ3v) is 1.59. The van der Waals surface area contributed by atoms with Gasteiger partial charge in [0, 0.05) is 6.07 Å². The number of aryl methyl sites for hydroxylation is 1. The normalized spacial score (nSPS) is 9.50. The molecular formula is C7H8N2O2S. The van der Waals surface area contributed by atoms with Crippen LogP contribution in [0.1, 0.15) is 11.5 Å². The fourth-order valence-electron chi connectivity index (χ4n) is 0.761. The van der Waals surface area contributed by atoms with Gasteiger partial charge >= 0.3 is 0 Å². The Bertz CT molecular complexity index is 294. The maximum atomic E-state index is 9.07. The van der Waals surface area contributed by atoms with Gasteiger partial charge in [-0.25, -0.2) is 4.98 Å². The molecule has 0 aliphatic heterocycles. The summed E-state index contributed by atoms with van der Waals surface area (Å²) in [6.07, 6.45) is 0. The molecule has 0 aromatic carbocycles. The lowest BCUT2D eigenvalue weighted by Crippen LogP contribution is -2.04. The molecule has 4 nitrogen and oxygen atoms in total. The van der Waals surface area contributed by atoms with Gasteiger partial charge in [0.25, 0.3) is 0 Å². The van der Waals surface area contributed by atoms with E-state index in [2.05, 4.69) is 9.97 Å². The van der Waals surface area contributed by atoms with Crippen molar-refractivity contribution in [2.75, 3.05) is 7.11 Å². The molecule has 64 valence electrons. The molecule has 12 heavy (non-hydrogen) atoms. The smallest absolute Gasteiger partial charge is 0.214 e. The van der Waals surface area contributed by atoms with Crippen molar-refractivity contribution >= 4 is 17.3 Å². The Morgan fingerprint density at radius 1 is 1.58 bits per heavy atom. The van der Waals surface area contributed by atoms with Crippen molar-refractivity contribution < 1.29 is 9.84 Å². The summed E-state index contributed by atoms with van der Waals surface area (Å²) in [4.78, 5) is 7.65. The number of thiocarbonyl (C=S) groups is 1. The first-order chi connectivity index (χ1) is 5.63. The van der Waals surface area contributed by atoms with Crippen LogP contribution < -0.4 is 0 Å². The van der Waals surface area contributed by atoms with E-state index < -0.39 is 0 Å². The van der Waals surface area contributed by atoms with Gasteiger partial charge in [0.15, 0.2) is 0 Å². The number of ether oxygens (including phenoxy) is 1. The third kappa shape index (κ3) is 1.88. The van der Waals surface area contributed by atoms with Crippen LogP contribution in [0.4, 0.5) is 0 Å². The number of methoxy groups -OCH3 is 1. The summed E-state index contributed by atoms with van der Waals surface area (Å²) in [7, 11) is 1.46. The highest BCUT2D eigenvalue weighted by Gasteiger charge is 2.05. The van der Waals surface area contributed by atoms with Gasteiger partial charge in [0.05, 0.1) is 7.11 Å². The molecule has 1 heterocycles. The van der Waals surface area contributed by atoms with E-state index in [1.54, 1.807) is 6.92 Å². The summed E-state index contributed by atoms with van der Waals surface area (Å²) in [6, 6.07) is 1.36. The van der Waals surface area contributed by atoms with Crippen molar-refractivity contribution in [3.63, 3.8) is 0 Å². The first kappa shape index (κ1) is 8.86. The van der Waals surface area contributed by atoms with Crippen LogP contribution in [0.3, 0.4) is 0 Å². The van der Waals surface area contributed by atoms with Gasteiger partial charge in [0.1, 0.15) is 11.5 Å². The quantitative estimate of drug-likeness (QED) is 0.654. The Morgan fingerprint density at radius 2 is 2.25 bits per heavy atom. The summed E-state index contributed by atoms with van der Waals surface area (Å²) >= 11 is 4.82. The molecule has 0 fully saturated rings. The number of nitrogens with zero attached hydrogens (tertiary/aromatic N) is 2. The second-order valence-corrected chi connectivity index (χ2v) is 2.52. The fourth-order valence-corrected chi connectivity index (χ4v) is 0.866. The molecule has 0 bridgehead atoms. The number of hydrogen-bond acceptors (Lipinski definition) is 5. The minimum Gasteiger partial charge on any atom is -0.493 e. The largest absolute Gasteiger partial charge is 0.493 e. The first-order valence-corrected chi connectivity index (χ1v) is 3.67. The third-order valence-electron chi connectivity index (χ3n) is 1.22. The Hall–Kier alpha value is -1.23. The second kappa shape index (κ2) is 3.44. The van der Waals surface area contributed by atoms with Crippen molar-refractivity contribution in [2.24, 2.45) is 0 Å². The van der Waals surface area contributed by atoms with Gasteiger partial charge in [-0.1, -0.05) is 0 Å². The minimum atomic E-state index is -0.100. The fraction of sp³-hybridized carbons (Fsp3) is 0.286. The molecule has 0 radical (unpaired) electrons. The molecule has 0 atom stereocenters. The summed E-state index contributed by atoms with van der Waals surface area (Å²) in [6.45, 7) is 1.67. The van der Waals surface area contributed by atoms with Crippen molar-refractivity contribution in [1.29, 1.82) is 0 Å². The number of hydrogen-bond donors (Lipinski definition) is 1. The topological polar surface area (TPSA) is 55.2 Å². The maximum absolute atomic E-state index is 9.07. The summed E-state index contributed by atoms with van der Waals surface area (Å²) in [5, 5.41) is 9.32. The van der Waals surface area contributed by atoms with E-state index >= 15 is 0 Å². The van der Waals surface area contributed by atoms with Crippen LogP contribution in [-0.2, 0) is 4.74 Å². The molecule has 0 saturated carbocycles. The lowest BCUT2D eigenvalue weighted by molar-refractivity contribution is 0.412. The average Bonchev–Trinajstić information content (AvgIpc) is 2.01. The standard InChI is InChI=1S/C7H8N2O2S/c1-4-8-5(7(12)11-2)3-6(10)9-4/h3H,1-2H3,(H,8,9,10). The molecule has 0 saturated heterocycles. The predicted molar refractivity (Wildman–Crippen MR) is 47.1 cm³/mol. The highest BCUT2D eigenvalue weighted by atomic mass is 32.1. The Morgan fingerprint density at radius 3 is 2.75 bits per heavy atom. The van der Waals surface area contributed by atoms with Crippen molar-refractivity contribution in [2.45, 2.75) is 6.92 Å². The van der Waals surface area contributed by atoms with E-state index in [0.717, 1.165) is 0 Å². The van der Waals surface area contributed by atoms with E-state index in [-0.39, 0.29) is 10.9 Å². The summed E-state index contributed by atoms with van der Waals surface area (Å²) in [5.74, 6) is 0.362. The van der Waals surface area contributed by atoms with Crippen LogP contribution in [0, 0.1) is 6.92 Å². The summed E-state index contributed by atoms with van der Waals surface area (Å²) in [5.41, 5.74) is 0.428. The van der Waals surface area contributed by atoms with E-state index in [0.29, 0.717) is 11.5 Å². The Balaban J connectivity index is 3.08. The van der Waals surface area contributed by atoms with Gasteiger partial charge in [-0.05, 0) is 19.1 Å². The molecule has 0 amide bonds. The Kier molecular flexibility index (Phi) is 2.54. The summed E-state index contributed by atoms with van der Waals surface area (Å²) < 4.78 is 4.78. The number of rotatable bonds is 1. The van der Waals surface area contributed by atoms with Crippen LogP contribution in [0.2, 0.25) is 0 Å². The highest BCUT2D eigenvalue weighted by Crippen LogP contribution is 2.07. The van der Waals surface area contributed by atoms with E-state index in [4.69, 9.17) is 22.1 Å². The average molecular weight is 184 g/mol. The molecule has 0 aliphatic carbocycles. The zero-order chi connectivity index (χ0) is 9.14. The maximum Gasteiger partial charge on any atom is 0.214 e. The van der Waals surface area contributed by atoms with E-state index in [9.17, 15) is 0 Å². The lowest BCUT2D eigenvalue weighted by Gasteiger charge is -2.01. The molecule has 1 aromatic rings. The minimum absolute atomic E-state index is 0.100. The van der Waals surface area contributed by atoms with E-state index in [1.807, 2.05) is 0 Å². The number of aromatic nitrogens is 2. The molecule has 0 unspecified atom stereocenters. The molecule has 1 N–H and O–H groups in total. The van der Waals surface area contributed by atoms with Crippen molar-refractivity contribution in [3.8, 4) is 5.88 Å². The molecule has 5 heteroatoms. The van der Waals surface area contributed by atoms with Crippen LogP contribution in [0.15, 0.2) is 6.07 Å². The van der Waals surface area contributed by atoms with Crippen LogP contribution in [0.25, 0.3) is 0 Å². The van der Waals surface area contributed by atoms with Gasteiger partial charge in [-0.2, -0.15) is 4.98 Å². The Labute approximate surface area is 75.2 Å². The molecule has 1 aromatic heterocycles. The SMILES string of the molecule is COC(=S)c1cc(O)nc(C)n1. The highest BCUT2D eigenvalue weighted by molar-refractivity contribution is 7.80. The van der Waals surface area contributed by atoms with Crippen LogP contribution >= 0.6 is 12.2 Å². The predicted octanol–water partition coefficient (Wildman–Crippen LogP) is 0.813. The number of aromatic hydroxyl groups is 1. The molecule has 0 aliphatic rings. The van der Waals surface area contributed by atoms with Crippen LogP contribution in [0.5, 0.6) is 5.88 Å². The first-order valence-electron chi connectivity index (χ1n) is 3.26. The lowest BCUT2D eigenvalue weighted by atomic mass is 10.4. The zero-order valence-electron chi connectivity index (χ0n) is 6.74. The van der Waals surface area contributed by atoms with E-state index in [1.165, 1.54) is 13.2 Å². The van der Waals surface area contributed by atoms with Crippen molar-refractivity contribution in [3.05, 3.63) is 17.6 Å². The molecule has 1 rings (SSSR count). The van der Waals surface area contributed by atoms with Crippen molar-refractivity contribution in [1.82, 2.24) is 9.97 Å². The van der Waals surface area contributed by atoms with Gasteiger partial charge in [0.2, 0.25) is 10.9 Å². The monoisotopic (exact) mass is 184 g/mol. The second-order valence-electron chi connectivity index (χ2n) is 2.15. The molecule has 0 spiro atoms. The van der Waals surface area contributed by atoms with Gasteiger partial charge in [-0.3, -0.25) is 0 Å². The zero-order valence-corrected chi connectivity index (χ0v) is 7.55. The van der Waals surface area contributed by atoms with Crippen LogP contribution in [-0.4, -0.2) is 27.2 Å². The van der Waals surface area contributed by atoms with Gasteiger partial charge < -0.3 is 9.84 Å².